The fourth-order valence-corrected chi connectivity index (χ4v) is 7.72. The number of fused-ring (bicyclic) bond motifs is 4. The molecule has 7 aromatic carbocycles. The number of para-hydroxylation sites is 1. The van der Waals surface area contributed by atoms with E-state index in [4.69, 9.17) is 0 Å². The van der Waals surface area contributed by atoms with E-state index < -0.39 is 0 Å². The maximum Gasteiger partial charge on any atom is 0.268 e. The maximum absolute atomic E-state index is 14.9. The van der Waals surface area contributed by atoms with Crippen molar-refractivity contribution in [1.29, 1.82) is 0 Å². The van der Waals surface area contributed by atoms with E-state index in [1.165, 1.54) is 16.0 Å². The molecule has 0 radical (unpaired) electrons. The first-order valence-corrected chi connectivity index (χ1v) is 16.9. The highest BCUT2D eigenvalue weighted by Crippen LogP contribution is 2.44. The zero-order chi connectivity index (χ0) is 33.9. The number of carbonyl (C=O) groups is 2. The van der Waals surface area contributed by atoms with E-state index in [9.17, 15) is 9.59 Å². The van der Waals surface area contributed by atoms with Gasteiger partial charge in [-0.2, -0.15) is 0 Å². The zero-order valence-corrected chi connectivity index (χ0v) is 27.7. The molecule has 0 aliphatic carbocycles. The molecule has 1 aliphatic heterocycles. The molecule has 1 aromatic heterocycles. The molecule has 2 heterocycles. The third kappa shape index (κ3) is 4.61. The first-order valence-electron chi connectivity index (χ1n) is 16.9. The Kier molecular flexibility index (Phi) is 6.85. The number of amides is 2. The Balaban J connectivity index is 1.26. The summed E-state index contributed by atoms with van der Waals surface area (Å²) >= 11 is 0. The molecule has 0 bridgehead atoms. The molecule has 8 aromatic rings. The number of nitrogens with zero attached hydrogens (tertiary/aromatic N) is 2. The van der Waals surface area contributed by atoms with Crippen molar-refractivity contribution in [3.8, 4) is 39.1 Å². The van der Waals surface area contributed by atoms with Crippen LogP contribution < -0.4 is 4.90 Å². The molecule has 0 N–H and O–H groups in total. The molecule has 0 spiro atoms. The lowest BCUT2D eigenvalue weighted by Gasteiger charge is -2.22. The van der Waals surface area contributed by atoms with Gasteiger partial charge in [-0.15, -0.1) is 0 Å². The minimum Gasteiger partial charge on any atom is -0.308 e. The van der Waals surface area contributed by atoms with E-state index in [1.54, 1.807) is 6.07 Å². The molecular weight excluding hydrogens is 613 g/mol. The van der Waals surface area contributed by atoms with E-state index in [1.807, 2.05) is 84.9 Å². The lowest BCUT2D eigenvalue weighted by molar-refractivity contribution is 0.0926. The highest BCUT2D eigenvalue weighted by Gasteiger charge is 2.40. The first kappa shape index (κ1) is 29.6. The van der Waals surface area contributed by atoms with Gasteiger partial charge in [-0.3, -0.25) is 9.59 Å². The molecule has 4 nitrogen and oxygen atoms in total. The molecule has 0 fully saturated rings. The Bertz CT molecular complexity index is 2630. The Morgan fingerprint density at radius 3 is 1.76 bits per heavy atom. The van der Waals surface area contributed by atoms with Gasteiger partial charge in [-0.05, 0) is 72.0 Å². The number of hydrogen-bond acceptors (Lipinski definition) is 2. The number of rotatable bonds is 5. The molecular formula is C46H32N2O2. The summed E-state index contributed by atoms with van der Waals surface area (Å²) in [5.74, 6) is -0.662. The van der Waals surface area contributed by atoms with Crippen molar-refractivity contribution in [2.24, 2.45) is 0 Å². The predicted molar refractivity (Wildman–Crippen MR) is 204 cm³/mol. The average Bonchev–Trinajstić information content (AvgIpc) is 3.61. The van der Waals surface area contributed by atoms with E-state index >= 15 is 0 Å². The monoisotopic (exact) mass is 644 g/mol. The molecule has 0 saturated heterocycles. The van der Waals surface area contributed by atoms with Crippen LogP contribution in [0.3, 0.4) is 0 Å². The van der Waals surface area contributed by atoms with Gasteiger partial charge in [0, 0.05) is 16.3 Å². The second-order valence-electron chi connectivity index (χ2n) is 13.0. The van der Waals surface area contributed by atoms with Gasteiger partial charge in [-0.25, -0.2) is 4.90 Å². The minimum atomic E-state index is -0.334. The summed E-state index contributed by atoms with van der Waals surface area (Å²) in [5, 5.41) is 2.17. The summed E-state index contributed by atoms with van der Waals surface area (Å²) in [7, 11) is 0. The van der Waals surface area contributed by atoms with Crippen LogP contribution in [-0.4, -0.2) is 16.4 Å². The highest BCUT2D eigenvalue weighted by atomic mass is 16.2. The van der Waals surface area contributed by atoms with E-state index in [0.29, 0.717) is 22.5 Å². The Labute approximate surface area is 290 Å². The quantitative estimate of drug-likeness (QED) is 0.175. The standard InChI is InChI=1S/C46H32N2O2/c1-29-25-30(2)27-34(26-29)33-23-24-37-36-17-9-10-20-39(36)47(42(37)28-33)41-22-12-19-38-44(41)46(50)48(45(38)49)40-21-11-18-35(31-13-5-3-6-14-31)43(40)32-15-7-4-8-16-32/h3-28H,1-2H3. The molecule has 0 atom stereocenters. The van der Waals surface area contributed by atoms with Crippen LogP contribution in [0.5, 0.6) is 0 Å². The fourth-order valence-electron chi connectivity index (χ4n) is 7.72. The van der Waals surface area contributed by atoms with Crippen molar-refractivity contribution in [1.82, 2.24) is 4.57 Å². The molecule has 0 saturated carbocycles. The van der Waals surface area contributed by atoms with Crippen molar-refractivity contribution < 1.29 is 9.59 Å². The van der Waals surface area contributed by atoms with Crippen LogP contribution in [-0.2, 0) is 0 Å². The highest BCUT2D eigenvalue weighted by molar-refractivity contribution is 6.36. The smallest absolute Gasteiger partial charge is 0.268 e. The van der Waals surface area contributed by atoms with Crippen LogP contribution in [0.4, 0.5) is 5.69 Å². The summed E-state index contributed by atoms with van der Waals surface area (Å²) in [6.07, 6.45) is 0. The van der Waals surface area contributed by atoms with Crippen molar-refractivity contribution in [2.45, 2.75) is 13.8 Å². The van der Waals surface area contributed by atoms with Crippen LogP contribution in [0, 0.1) is 13.8 Å². The average molecular weight is 645 g/mol. The van der Waals surface area contributed by atoms with Gasteiger partial charge < -0.3 is 4.57 Å². The summed E-state index contributed by atoms with van der Waals surface area (Å²) < 4.78 is 2.16. The van der Waals surface area contributed by atoms with Crippen LogP contribution >= 0.6 is 0 Å². The number of imide groups is 1. The van der Waals surface area contributed by atoms with Crippen molar-refractivity contribution >= 4 is 39.3 Å². The lowest BCUT2D eigenvalue weighted by atomic mass is 9.92. The molecule has 0 unspecified atom stereocenters. The van der Waals surface area contributed by atoms with Crippen LogP contribution in [0.15, 0.2) is 158 Å². The topological polar surface area (TPSA) is 42.3 Å². The third-order valence-electron chi connectivity index (χ3n) is 9.79. The molecule has 50 heavy (non-hydrogen) atoms. The van der Waals surface area contributed by atoms with Gasteiger partial charge in [0.15, 0.2) is 0 Å². The molecule has 238 valence electrons. The second-order valence-corrected chi connectivity index (χ2v) is 13.0. The summed E-state index contributed by atoms with van der Waals surface area (Å²) in [5.41, 5.74) is 12.4. The van der Waals surface area contributed by atoms with E-state index in [0.717, 1.165) is 55.2 Å². The van der Waals surface area contributed by atoms with Crippen LogP contribution in [0.2, 0.25) is 0 Å². The van der Waals surface area contributed by atoms with Crippen LogP contribution in [0.1, 0.15) is 31.8 Å². The number of hydrogen-bond donors (Lipinski definition) is 0. The van der Waals surface area contributed by atoms with Gasteiger partial charge in [0.05, 0.1) is 33.5 Å². The lowest BCUT2D eigenvalue weighted by Crippen LogP contribution is -2.30. The van der Waals surface area contributed by atoms with E-state index in [-0.39, 0.29) is 11.8 Å². The molecule has 4 heteroatoms. The Hall–Kier alpha value is -6.52. The van der Waals surface area contributed by atoms with Gasteiger partial charge in [0.2, 0.25) is 0 Å². The normalized spacial score (nSPS) is 12.6. The predicted octanol–water partition coefficient (Wildman–Crippen LogP) is 11.2. The van der Waals surface area contributed by atoms with E-state index in [2.05, 4.69) is 85.1 Å². The number of benzene rings is 7. The molecule has 9 rings (SSSR count). The summed E-state index contributed by atoms with van der Waals surface area (Å²) in [6, 6.07) is 53.0. The third-order valence-corrected chi connectivity index (χ3v) is 9.79. The van der Waals surface area contributed by atoms with Crippen LogP contribution in [0.25, 0.3) is 60.9 Å². The minimum absolute atomic E-state index is 0.328. The maximum atomic E-state index is 14.9. The van der Waals surface area contributed by atoms with Gasteiger partial charge in [0.25, 0.3) is 11.8 Å². The zero-order valence-electron chi connectivity index (χ0n) is 27.7. The first-order chi connectivity index (χ1) is 24.5. The second kappa shape index (κ2) is 11.6. The molecule has 2 amide bonds. The SMILES string of the molecule is Cc1cc(C)cc(-c2ccc3c4ccccc4n(-c4cccc5c4C(=O)N(c4cccc(-c6ccccc6)c4-c4ccccc4)C5=O)c3c2)c1. The molecule has 1 aliphatic rings. The number of aryl methyl sites for hydroxylation is 2. The number of anilines is 1. The fraction of sp³-hybridized carbons (Fsp3) is 0.0435. The van der Waals surface area contributed by atoms with Crippen molar-refractivity contribution in [2.75, 3.05) is 4.90 Å². The van der Waals surface area contributed by atoms with Crippen molar-refractivity contribution in [3.05, 3.63) is 180 Å². The van der Waals surface area contributed by atoms with Gasteiger partial charge in [-0.1, -0.05) is 139 Å². The largest absolute Gasteiger partial charge is 0.308 e. The number of carbonyl (C=O) groups excluding carboxylic acids is 2. The van der Waals surface area contributed by atoms with Gasteiger partial charge >= 0.3 is 0 Å². The Morgan fingerprint density at radius 1 is 0.400 bits per heavy atom. The summed E-state index contributed by atoms with van der Waals surface area (Å²) in [4.78, 5) is 30.7. The van der Waals surface area contributed by atoms with Crippen molar-refractivity contribution in [3.63, 3.8) is 0 Å². The summed E-state index contributed by atoms with van der Waals surface area (Å²) in [6.45, 7) is 4.23. The van der Waals surface area contributed by atoms with Gasteiger partial charge in [0.1, 0.15) is 0 Å². The number of aromatic nitrogens is 1. The Morgan fingerprint density at radius 2 is 1.02 bits per heavy atom.